The summed E-state index contributed by atoms with van der Waals surface area (Å²) in [5.41, 5.74) is -0.381. The Kier molecular flexibility index (Phi) is 6.93. The molecule has 0 aromatic heterocycles. The number of carbonyl (C=O) groups is 1. The first-order valence-corrected chi connectivity index (χ1v) is 6.35. The van der Waals surface area contributed by atoms with Crippen molar-refractivity contribution >= 4 is 5.97 Å². The maximum Gasteiger partial charge on any atom is 0.306 e. The molecule has 100 valence electrons. The highest BCUT2D eigenvalue weighted by atomic mass is 16.6. The smallest absolute Gasteiger partial charge is 0.306 e. The summed E-state index contributed by atoms with van der Waals surface area (Å²) in [6.45, 7) is 13.7. The number of ether oxygens (including phenoxy) is 1. The minimum atomic E-state index is -0.381. The molecule has 0 aromatic carbocycles. The van der Waals surface area contributed by atoms with Crippen molar-refractivity contribution in [2.45, 2.75) is 65.5 Å². The van der Waals surface area contributed by atoms with E-state index in [4.69, 9.17) is 4.74 Å². The third-order valence-corrected chi connectivity index (χ3v) is 2.45. The van der Waals surface area contributed by atoms with Crippen molar-refractivity contribution < 1.29 is 9.53 Å². The van der Waals surface area contributed by atoms with Gasteiger partial charge in [-0.05, 0) is 45.7 Å². The molecular formula is C14H27NO2. The first kappa shape index (κ1) is 16.0. The second-order valence-electron chi connectivity index (χ2n) is 5.70. The van der Waals surface area contributed by atoms with E-state index in [1.165, 1.54) is 0 Å². The number of carbonyl (C=O) groups excluding carboxylic acids is 1. The predicted octanol–water partition coefficient (Wildman–Crippen LogP) is 3.26. The molecule has 1 unspecified atom stereocenters. The van der Waals surface area contributed by atoms with Gasteiger partial charge in [0.2, 0.25) is 0 Å². The van der Waals surface area contributed by atoms with Gasteiger partial charge in [-0.15, -0.1) is 0 Å². The number of hydrogen-bond acceptors (Lipinski definition) is 3. The van der Waals surface area contributed by atoms with Gasteiger partial charge in [-0.25, -0.2) is 0 Å². The molecule has 1 atom stereocenters. The minimum absolute atomic E-state index is 0.112. The largest absolute Gasteiger partial charge is 0.460 e. The fraction of sp³-hybridized carbons (Fsp3) is 0.786. The lowest BCUT2D eigenvalue weighted by molar-refractivity contribution is -0.154. The highest BCUT2D eigenvalue weighted by Gasteiger charge is 2.17. The second kappa shape index (κ2) is 7.36. The molecule has 0 aliphatic carbocycles. The molecule has 0 saturated heterocycles. The number of nitrogens with one attached hydrogen (secondary N) is 1. The Labute approximate surface area is 106 Å². The molecule has 0 aromatic rings. The van der Waals surface area contributed by atoms with E-state index in [-0.39, 0.29) is 11.6 Å². The van der Waals surface area contributed by atoms with Crippen LogP contribution in [0.5, 0.6) is 0 Å². The topological polar surface area (TPSA) is 38.3 Å². The minimum Gasteiger partial charge on any atom is -0.460 e. The van der Waals surface area contributed by atoms with Gasteiger partial charge in [0.1, 0.15) is 5.60 Å². The van der Waals surface area contributed by atoms with Crippen LogP contribution in [0.15, 0.2) is 12.8 Å². The maximum absolute atomic E-state index is 11.5. The zero-order chi connectivity index (χ0) is 13.5. The van der Waals surface area contributed by atoms with Crippen molar-refractivity contribution in [3.8, 4) is 0 Å². The van der Waals surface area contributed by atoms with E-state index >= 15 is 0 Å². The normalized spacial score (nSPS) is 13.3. The molecule has 0 radical (unpaired) electrons. The van der Waals surface area contributed by atoms with Crippen LogP contribution in [0, 0.1) is 5.92 Å². The zero-order valence-electron chi connectivity index (χ0n) is 11.9. The van der Waals surface area contributed by atoms with E-state index in [0.717, 1.165) is 12.8 Å². The van der Waals surface area contributed by atoms with Gasteiger partial charge in [-0.2, -0.15) is 0 Å². The van der Waals surface area contributed by atoms with Crippen LogP contribution in [-0.2, 0) is 9.53 Å². The average Bonchev–Trinajstić information content (AvgIpc) is 2.13. The van der Waals surface area contributed by atoms with Crippen LogP contribution in [0.3, 0.4) is 0 Å². The molecule has 0 fully saturated rings. The summed E-state index contributed by atoms with van der Waals surface area (Å²) < 4.78 is 5.26. The Morgan fingerprint density at radius 2 is 2.00 bits per heavy atom. The molecule has 0 spiro atoms. The molecule has 0 bridgehead atoms. The van der Waals surface area contributed by atoms with E-state index < -0.39 is 0 Å². The number of esters is 1. The molecule has 0 saturated carbocycles. The lowest BCUT2D eigenvalue weighted by Gasteiger charge is -2.22. The van der Waals surface area contributed by atoms with Crippen LogP contribution in [0.25, 0.3) is 0 Å². The van der Waals surface area contributed by atoms with Crippen molar-refractivity contribution in [1.29, 1.82) is 0 Å². The third-order valence-electron chi connectivity index (χ3n) is 2.45. The molecule has 3 heteroatoms. The maximum atomic E-state index is 11.5. The molecule has 0 amide bonds. The molecule has 1 N–H and O–H groups in total. The Morgan fingerprint density at radius 3 is 2.41 bits per heavy atom. The highest BCUT2D eigenvalue weighted by molar-refractivity contribution is 5.69. The van der Waals surface area contributed by atoms with Crippen molar-refractivity contribution in [2.24, 2.45) is 5.92 Å². The number of rotatable bonds is 7. The molecule has 0 rings (SSSR count). The number of hydrogen-bond donors (Lipinski definition) is 1. The van der Waals surface area contributed by atoms with E-state index in [1.807, 2.05) is 20.8 Å². The summed E-state index contributed by atoms with van der Waals surface area (Å²) in [6.07, 6.45) is 4.01. The van der Waals surface area contributed by atoms with Crippen molar-refractivity contribution in [3.63, 3.8) is 0 Å². The molecule has 17 heavy (non-hydrogen) atoms. The lowest BCUT2D eigenvalue weighted by atomic mass is 9.98. The first-order chi connectivity index (χ1) is 7.76. The van der Waals surface area contributed by atoms with Crippen molar-refractivity contribution in [2.75, 3.05) is 0 Å². The van der Waals surface area contributed by atoms with Gasteiger partial charge in [0.05, 0.1) is 0 Å². The quantitative estimate of drug-likeness (QED) is 0.695. The zero-order valence-corrected chi connectivity index (χ0v) is 11.9. The van der Waals surface area contributed by atoms with Gasteiger partial charge < -0.3 is 10.1 Å². The van der Waals surface area contributed by atoms with Gasteiger partial charge in [0.15, 0.2) is 0 Å². The summed E-state index contributed by atoms with van der Waals surface area (Å²) in [4.78, 5) is 11.5. The summed E-state index contributed by atoms with van der Waals surface area (Å²) >= 11 is 0. The molecule has 0 aliphatic rings. The fourth-order valence-corrected chi connectivity index (χ4v) is 1.62. The lowest BCUT2D eigenvalue weighted by Crippen LogP contribution is -2.30. The molecule has 0 aliphatic heterocycles. The van der Waals surface area contributed by atoms with Gasteiger partial charge in [0.25, 0.3) is 0 Å². The van der Waals surface area contributed by atoms with E-state index in [2.05, 4.69) is 25.7 Å². The Morgan fingerprint density at radius 1 is 1.41 bits per heavy atom. The van der Waals surface area contributed by atoms with E-state index in [0.29, 0.717) is 18.4 Å². The van der Waals surface area contributed by atoms with E-state index in [9.17, 15) is 4.79 Å². The summed E-state index contributed by atoms with van der Waals surface area (Å²) in [5.74, 6) is 0.422. The van der Waals surface area contributed by atoms with Gasteiger partial charge in [0, 0.05) is 12.5 Å². The van der Waals surface area contributed by atoms with E-state index in [1.54, 1.807) is 6.20 Å². The average molecular weight is 241 g/mol. The summed E-state index contributed by atoms with van der Waals surface area (Å²) in [6, 6.07) is 0.384. The van der Waals surface area contributed by atoms with Crippen LogP contribution >= 0.6 is 0 Å². The predicted molar refractivity (Wildman–Crippen MR) is 71.7 cm³/mol. The Bertz CT molecular complexity index is 241. The van der Waals surface area contributed by atoms with Crippen LogP contribution in [0.1, 0.15) is 53.9 Å². The van der Waals surface area contributed by atoms with Crippen LogP contribution < -0.4 is 5.32 Å². The van der Waals surface area contributed by atoms with Crippen LogP contribution in [0.2, 0.25) is 0 Å². The highest BCUT2D eigenvalue weighted by Crippen LogP contribution is 2.13. The molecule has 0 heterocycles. The first-order valence-electron chi connectivity index (χ1n) is 6.35. The van der Waals surface area contributed by atoms with Gasteiger partial charge in [-0.3, -0.25) is 4.79 Å². The van der Waals surface area contributed by atoms with Crippen molar-refractivity contribution in [1.82, 2.24) is 5.32 Å². The van der Waals surface area contributed by atoms with Gasteiger partial charge >= 0.3 is 5.97 Å². The fourth-order valence-electron chi connectivity index (χ4n) is 1.62. The van der Waals surface area contributed by atoms with Gasteiger partial charge in [-0.1, -0.05) is 20.4 Å². The second-order valence-corrected chi connectivity index (χ2v) is 5.70. The van der Waals surface area contributed by atoms with Crippen molar-refractivity contribution in [3.05, 3.63) is 12.8 Å². The monoisotopic (exact) mass is 241 g/mol. The molecule has 3 nitrogen and oxygen atoms in total. The SMILES string of the molecule is C=CNC(CCCC(=O)OC(C)(C)C)C(C)C. The Balaban J connectivity index is 3.88. The third kappa shape index (κ3) is 8.78. The standard InChI is InChI=1S/C14H27NO2/c1-7-15-12(11(2)3)9-8-10-13(16)17-14(4,5)6/h7,11-12,15H,1,8-10H2,2-6H3. The summed E-state index contributed by atoms with van der Waals surface area (Å²) in [7, 11) is 0. The Hall–Kier alpha value is -0.990. The molecular weight excluding hydrogens is 214 g/mol. The summed E-state index contributed by atoms with van der Waals surface area (Å²) in [5, 5.41) is 3.22. The van der Waals surface area contributed by atoms with Crippen LogP contribution in [-0.4, -0.2) is 17.6 Å². The van der Waals surface area contributed by atoms with Crippen LogP contribution in [0.4, 0.5) is 0 Å².